The number of hydrogen-bond acceptors (Lipinski definition) is 4. The van der Waals surface area contributed by atoms with Crippen molar-refractivity contribution >= 4 is 27.5 Å². The predicted octanol–water partition coefficient (Wildman–Crippen LogP) is 4.84. The Morgan fingerprint density at radius 2 is 1.56 bits per heavy atom. The van der Waals surface area contributed by atoms with Gasteiger partial charge >= 0.3 is 0 Å². The van der Waals surface area contributed by atoms with Crippen LogP contribution in [0.15, 0.2) is 77.7 Å². The van der Waals surface area contributed by atoms with E-state index in [4.69, 9.17) is 0 Å². The van der Waals surface area contributed by atoms with E-state index in [0.717, 1.165) is 15.4 Å². The van der Waals surface area contributed by atoms with E-state index in [-0.39, 0.29) is 17.3 Å². The second-order valence-corrected chi connectivity index (χ2v) is 11.1. The van der Waals surface area contributed by atoms with Crippen molar-refractivity contribution in [3.63, 3.8) is 0 Å². The van der Waals surface area contributed by atoms with Crippen molar-refractivity contribution in [2.45, 2.75) is 58.0 Å². The van der Waals surface area contributed by atoms with Crippen molar-refractivity contribution in [3.05, 3.63) is 95.3 Å². The smallest absolute Gasteiger partial charge is 0.264 e. The maximum atomic E-state index is 14.0. The summed E-state index contributed by atoms with van der Waals surface area (Å²) in [5.74, 6) is -1.30. The molecule has 3 aromatic rings. The lowest BCUT2D eigenvalue weighted by molar-refractivity contribution is -0.140. The van der Waals surface area contributed by atoms with Crippen molar-refractivity contribution in [3.8, 4) is 0 Å². The molecular weight excluding hydrogens is 517 g/mol. The standard InChI is InChI=1S/C30H36FN3O4S/c1-5-24-10-8-9-11-28(24)34(39(37,38)26-18-12-22(4)13-19-26)21-29(35)33(27(6-2)30(36)32-7-3)20-23-14-16-25(31)17-15-23/h8-19,27H,5-7,20-21H2,1-4H3,(H,32,36)/t27-/m1/s1. The minimum atomic E-state index is -4.14. The fourth-order valence-corrected chi connectivity index (χ4v) is 5.85. The number of halogens is 1. The number of benzene rings is 3. The van der Waals surface area contributed by atoms with Gasteiger partial charge in [0, 0.05) is 13.1 Å². The van der Waals surface area contributed by atoms with Gasteiger partial charge < -0.3 is 10.2 Å². The minimum absolute atomic E-state index is 0.0165. The topological polar surface area (TPSA) is 86.8 Å². The Bertz CT molecular complexity index is 1380. The molecule has 208 valence electrons. The number of carbonyl (C=O) groups excluding carboxylic acids is 2. The zero-order valence-corrected chi connectivity index (χ0v) is 23.7. The molecule has 0 aliphatic carbocycles. The van der Waals surface area contributed by atoms with E-state index in [9.17, 15) is 22.4 Å². The number of rotatable bonds is 12. The van der Waals surface area contributed by atoms with E-state index >= 15 is 0 Å². The fourth-order valence-electron chi connectivity index (χ4n) is 4.40. The second kappa shape index (κ2) is 13.4. The van der Waals surface area contributed by atoms with Gasteiger partial charge in [0.25, 0.3) is 10.0 Å². The molecule has 39 heavy (non-hydrogen) atoms. The molecule has 0 aromatic heterocycles. The largest absolute Gasteiger partial charge is 0.355 e. The van der Waals surface area contributed by atoms with Gasteiger partial charge in [-0.25, -0.2) is 12.8 Å². The first kappa shape index (κ1) is 29.8. The van der Waals surface area contributed by atoms with Gasteiger partial charge in [0.2, 0.25) is 11.8 Å². The SMILES string of the molecule is CCNC(=O)[C@@H](CC)N(Cc1ccc(F)cc1)C(=O)CN(c1ccccc1CC)S(=O)(=O)c1ccc(C)cc1. The summed E-state index contributed by atoms with van der Waals surface area (Å²) >= 11 is 0. The summed E-state index contributed by atoms with van der Waals surface area (Å²) in [6.07, 6.45) is 0.870. The summed E-state index contributed by atoms with van der Waals surface area (Å²) in [7, 11) is -4.14. The van der Waals surface area contributed by atoms with Crippen LogP contribution in [-0.4, -0.2) is 44.3 Å². The zero-order valence-electron chi connectivity index (χ0n) is 22.9. The molecule has 0 saturated heterocycles. The highest BCUT2D eigenvalue weighted by atomic mass is 32.2. The van der Waals surface area contributed by atoms with Crippen LogP contribution >= 0.6 is 0 Å². The molecule has 1 atom stereocenters. The van der Waals surface area contributed by atoms with E-state index < -0.39 is 34.3 Å². The number of amides is 2. The Labute approximate surface area is 230 Å². The van der Waals surface area contributed by atoms with Gasteiger partial charge in [-0.05, 0) is 68.1 Å². The molecule has 0 aliphatic rings. The Hall–Kier alpha value is -3.72. The van der Waals surface area contributed by atoms with E-state index in [1.165, 1.54) is 29.2 Å². The molecule has 0 spiro atoms. The van der Waals surface area contributed by atoms with Crippen LogP contribution in [0.1, 0.15) is 43.9 Å². The number of sulfonamides is 1. The number of anilines is 1. The average molecular weight is 554 g/mol. The number of carbonyl (C=O) groups is 2. The third-order valence-corrected chi connectivity index (χ3v) is 8.31. The number of hydrogen-bond donors (Lipinski definition) is 1. The van der Waals surface area contributed by atoms with Gasteiger partial charge in [-0.15, -0.1) is 0 Å². The number of para-hydroxylation sites is 1. The van der Waals surface area contributed by atoms with Crippen molar-refractivity contribution in [2.24, 2.45) is 0 Å². The normalized spacial score (nSPS) is 12.0. The molecule has 0 saturated carbocycles. The molecule has 2 amide bonds. The quantitative estimate of drug-likeness (QED) is 0.348. The Morgan fingerprint density at radius 3 is 2.15 bits per heavy atom. The van der Waals surface area contributed by atoms with Crippen molar-refractivity contribution in [1.29, 1.82) is 0 Å². The Morgan fingerprint density at radius 1 is 0.923 bits per heavy atom. The molecule has 3 rings (SSSR count). The lowest BCUT2D eigenvalue weighted by Gasteiger charge is -2.33. The van der Waals surface area contributed by atoms with Gasteiger partial charge in [-0.3, -0.25) is 13.9 Å². The molecule has 0 bridgehead atoms. The second-order valence-electron chi connectivity index (χ2n) is 9.27. The first-order valence-corrected chi connectivity index (χ1v) is 14.5. The predicted molar refractivity (Wildman–Crippen MR) is 151 cm³/mol. The van der Waals surface area contributed by atoms with Crippen LogP contribution in [0.4, 0.5) is 10.1 Å². The van der Waals surface area contributed by atoms with Crippen LogP contribution in [0.2, 0.25) is 0 Å². The molecule has 1 N–H and O–H groups in total. The lowest BCUT2D eigenvalue weighted by atomic mass is 10.1. The monoisotopic (exact) mass is 553 g/mol. The minimum Gasteiger partial charge on any atom is -0.355 e. The molecule has 0 fully saturated rings. The summed E-state index contributed by atoms with van der Waals surface area (Å²) in [4.78, 5) is 28.4. The van der Waals surface area contributed by atoms with E-state index in [0.29, 0.717) is 30.6 Å². The molecule has 0 radical (unpaired) electrons. The molecule has 9 heteroatoms. The zero-order chi connectivity index (χ0) is 28.6. The van der Waals surface area contributed by atoms with Crippen LogP contribution in [0.25, 0.3) is 0 Å². The molecule has 7 nitrogen and oxygen atoms in total. The maximum absolute atomic E-state index is 14.0. The summed E-state index contributed by atoms with van der Waals surface area (Å²) in [5, 5.41) is 2.77. The van der Waals surface area contributed by atoms with E-state index in [1.54, 1.807) is 50.2 Å². The van der Waals surface area contributed by atoms with Gasteiger partial charge in [-0.1, -0.05) is 61.9 Å². The van der Waals surface area contributed by atoms with Crippen LogP contribution < -0.4 is 9.62 Å². The molecule has 0 unspecified atom stereocenters. The third-order valence-electron chi connectivity index (χ3n) is 6.53. The van der Waals surface area contributed by atoms with Crippen molar-refractivity contribution in [1.82, 2.24) is 10.2 Å². The lowest BCUT2D eigenvalue weighted by Crippen LogP contribution is -2.52. The summed E-state index contributed by atoms with van der Waals surface area (Å²) in [5.41, 5.74) is 2.70. The Kier molecular flexibility index (Phi) is 10.2. The van der Waals surface area contributed by atoms with E-state index in [2.05, 4.69) is 5.32 Å². The first-order chi connectivity index (χ1) is 18.6. The van der Waals surface area contributed by atoms with Crippen LogP contribution in [-0.2, 0) is 32.6 Å². The molecule has 0 aliphatic heterocycles. The third kappa shape index (κ3) is 7.23. The van der Waals surface area contributed by atoms with Crippen LogP contribution in [0, 0.1) is 12.7 Å². The number of aryl methyl sites for hydroxylation is 2. The highest BCUT2D eigenvalue weighted by molar-refractivity contribution is 7.92. The number of likely N-dealkylation sites (N-methyl/N-ethyl adjacent to an activating group) is 1. The highest BCUT2D eigenvalue weighted by Gasteiger charge is 2.34. The van der Waals surface area contributed by atoms with Gasteiger partial charge in [0.1, 0.15) is 18.4 Å². The summed E-state index contributed by atoms with van der Waals surface area (Å²) in [6, 6.07) is 18.4. The molecular formula is C30H36FN3O4S. The van der Waals surface area contributed by atoms with Gasteiger partial charge in [0.15, 0.2) is 0 Å². The summed E-state index contributed by atoms with van der Waals surface area (Å²) in [6.45, 7) is 7.25. The highest BCUT2D eigenvalue weighted by Crippen LogP contribution is 2.28. The van der Waals surface area contributed by atoms with Crippen LogP contribution in [0.5, 0.6) is 0 Å². The van der Waals surface area contributed by atoms with Crippen molar-refractivity contribution in [2.75, 3.05) is 17.4 Å². The van der Waals surface area contributed by atoms with Crippen LogP contribution in [0.3, 0.4) is 0 Å². The van der Waals surface area contributed by atoms with E-state index in [1.807, 2.05) is 26.0 Å². The van der Waals surface area contributed by atoms with Gasteiger partial charge in [0.05, 0.1) is 10.6 Å². The maximum Gasteiger partial charge on any atom is 0.264 e. The average Bonchev–Trinajstić information content (AvgIpc) is 2.93. The Balaban J connectivity index is 2.09. The number of nitrogens with zero attached hydrogens (tertiary/aromatic N) is 2. The van der Waals surface area contributed by atoms with Crippen molar-refractivity contribution < 1.29 is 22.4 Å². The fraction of sp³-hybridized carbons (Fsp3) is 0.333. The number of nitrogens with one attached hydrogen (secondary N) is 1. The molecule has 3 aromatic carbocycles. The first-order valence-electron chi connectivity index (χ1n) is 13.1. The molecule has 0 heterocycles. The van der Waals surface area contributed by atoms with Gasteiger partial charge in [-0.2, -0.15) is 0 Å². The summed E-state index contributed by atoms with van der Waals surface area (Å²) < 4.78 is 42.6.